The van der Waals surface area contributed by atoms with Crippen LogP contribution in [0.1, 0.15) is 99.3 Å². The number of Topliss-reactive ketones (excluding diaryl/α,β-unsaturated/α-hetero) is 1. The zero-order chi connectivity index (χ0) is 26.7. The number of hydrogen-bond acceptors (Lipinski definition) is 2. The summed E-state index contributed by atoms with van der Waals surface area (Å²) in [7, 11) is 0. The predicted molar refractivity (Wildman–Crippen MR) is 152 cm³/mol. The lowest BCUT2D eigenvalue weighted by atomic mass is 9.85. The smallest absolute Gasteiger partial charge is 0.136 e. The number of hydrogen-bond donors (Lipinski definition) is 1. The number of ketones is 1. The van der Waals surface area contributed by atoms with Crippen LogP contribution in [0.2, 0.25) is 0 Å². The van der Waals surface area contributed by atoms with Crippen molar-refractivity contribution in [3.8, 4) is 0 Å². The van der Waals surface area contributed by atoms with E-state index in [4.69, 9.17) is 5.41 Å². The van der Waals surface area contributed by atoms with Crippen LogP contribution < -0.4 is 0 Å². The first-order valence-corrected chi connectivity index (χ1v) is 13.1. The second-order valence-corrected chi connectivity index (χ2v) is 10.2. The van der Waals surface area contributed by atoms with Crippen LogP contribution in [0.3, 0.4) is 0 Å². The molecule has 192 valence electrons. The van der Waals surface area contributed by atoms with Crippen LogP contribution in [-0.4, -0.2) is 16.5 Å². The standard InChI is InChI=1S/C32H48N2O/c1-11-25(9)32(33)34(23(6)7)30(29-18-16-14-15-17-27(29)12-2)20-24(8)19-28(13-3)31(35)21-26(10)22(4)5/h11,26,28,33H,2,4,6,8,13-21H2,1,3,5,7,9-10H3. The summed E-state index contributed by atoms with van der Waals surface area (Å²) in [5.74, 6) is 0.862. The Labute approximate surface area is 215 Å². The second-order valence-electron chi connectivity index (χ2n) is 10.2. The molecule has 0 amide bonds. The highest BCUT2D eigenvalue weighted by atomic mass is 16.1. The quantitative estimate of drug-likeness (QED) is 0.100. The van der Waals surface area contributed by atoms with E-state index < -0.39 is 0 Å². The van der Waals surface area contributed by atoms with Crippen LogP contribution in [0.25, 0.3) is 0 Å². The van der Waals surface area contributed by atoms with Gasteiger partial charge in [0.25, 0.3) is 0 Å². The van der Waals surface area contributed by atoms with E-state index in [9.17, 15) is 4.79 Å². The van der Waals surface area contributed by atoms with Gasteiger partial charge in [-0.25, -0.2) is 0 Å². The van der Waals surface area contributed by atoms with Gasteiger partial charge in [0.1, 0.15) is 11.6 Å². The third-order valence-electron chi connectivity index (χ3n) is 7.21. The average Bonchev–Trinajstić information content (AvgIpc) is 3.06. The third kappa shape index (κ3) is 8.82. The summed E-state index contributed by atoms with van der Waals surface area (Å²) in [6.45, 7) is 28.7. The summed E-state index contributed by atoms with van der Waals surface area (Å²) >= 11 is 0. The zero-order valence-corrected chi connectivity index (χ0v) is 23.3. The van der Waals surface area contributed by atoms with Crippen LogP contribution in [-0.2, 0) is 4.79 Å². The number of carbonyl (C=O) groups is 1. The molecule has 0 spiro atoms. The van der Waals surface area contributed by atoms with Gasteiger partial charge in [-0.05, 0) is 88.9 Å². The Morgan fingerprint density at radius 1 is 1.11 bits per heavy atom. The molecule has 0 aliphatic heterocycles. The second kappa shape index (κ2) is 14.7. The highest BCUT2D eigenvalue weighted by Gasteiger charge is 2.26. The molecule has 35 heavy (non-hydrogen) atoms. The molecule has 1 rings (SSSR count). The lowest BCUT2D eigenvalue weighted by Gasteiger charge is -2.32. The van der Waals surface area contributed by atoms with Gasteiger partial charge in [-0.1, -0.05) is 63.8 Å². The van der Waals surface area contributed by atoms with Gasteiger partial charge in [0, 0.05) is 30.2 Å². The fourth-order valence-electron chi connectivity index (χ4n) is 4.57. The van der Waals surface area contributed by atoms with E-state index in [0.717, 1.165) is 65.8 Å². The summed E-state index contributed by atoms with van der Waals surface area (Å²) in [5, 5.41) is 8.94. The molecule has 1 aliphatic rings. The van der Waals surface area contributed by atoms with Crippen LogP contribution in [0, 0.1) is 17.2 Å². The van der Waals surface area contributed by atoms with E-state index >= 15 is 0 Å². The Morgan fingerprint density at radius 2 is 1.74 bits per heavy atom. The molecule has 3 heteroatoms. The maximum atomic E-state index is 13.1. The predicted octanol–water partition coefficient (Wildman–Crippen LogP) is 9.23. The summed E-state index contributed by atoms with van der Waals surface area (Å²) in [5.41, 5.74) is 10.4. The molecule has 0 aromatic rings. The van der Waals surface area contributed by atoms with Crippen molar-refractivity contribution in [2.24, 2.45) is 11.8 Å². The van der Waals surface area contributed by atoms with Gasteiger partial charge in [0.05, 0.1) is 0 Å². The van der Waals surface area contributed by atoms with Crippen molar-refractivity contribution in [2.75, 3.05) is 0 Å². The summed E-state index contributed by atoms with van der Waals surface area (Å²) in [4.78, 5) is 15.0. The number of nitrogens with zero attached hydrogens (tertiary/aromatic N) is 1. The summed E-state index contributed by atoms with van der Waals surface area (Å²) in [6.07, 6.45) is 9.82. The Kier molecular flexibility index (Phi) is 12.8. The SMILES string of the molecule is C=C=C1CCCCCC1=C(CC(=C)CC(CC)C(=O)CC(C)C(=C)C)N(C(=C)C)C(=N)C(C)=CC. The number of carbonyl (C=O) groups excluding carboxylic acids is 1. The largest absolute Gasteiger partial charge is 0.303 e. The highest BCUT2D eigenvalue weighted by Crippen LogP contribution is 2.36. The Morgan fingerprint density at radius 3 is 2.26 bits per heavy atom. The van der Waals surface area contributed by atoms with E-state index in [1.807, 2.05) is 38.7 Å². The molecule has 1 fully saturated rings. The molecule has 0 aromatic carbocycles. The summed E-state index contributed by atoms with van der Waals surface area (Å²) in [6, 6.07) is 0. The zero-order valence-electron chi connectivity index (χ0n) is 23.3. The first-order chi connectivity index (χ1) is 16.5. The number of nitrogens with one attached hydrogen (secondary N) is 1. The number of rotatable bonds is 12. The molecule has 2 atom stereocenters. The topological polar surface area (TPSA) is 44.2 Å². The van der Waals surface area contributed by atoms with Crippen molar-refractivity contribution in [2.45, 2.75) is 99.3 Å². The minimum atomic E-state index is -0.0471. The fourth-order valence-corrected chi connectivity index (χ4v) is 4.57. The molecule has 0 bridgehead atoms. The lowest BCUT2D eigenvalue weighted by Crippen LogP contribution is -2.30. The molecule has 3 nitrogen and oxygen atoms in total. The van der Waals surface area contributed by atoms with Gasteiger partial charge in [-0.2, -0.15) is 0 Å². The van der Waals surface area contributed by atoms with Gasteiger partial charge < -0.3 is 4.90 Å². The van der Waals surface area contributed by atoms with Gasteiger partial charge >= 0.3 is 0 Å². The lowest BCUT2D eigenvalue weighted by molar-refractivity contribution is -0.123. The number of allylic oxidation sites excluding steroid dienone is 6. The number of amidine groups is 1. The van der Waals surface area contributed by atoms with Crippen LogP contribution in [0.5, 0.6) is 0 Å². The molecule has 0 aromatic heterocycles. The molecule has 0 heterocycles. The molecule has 1 aliphatic carbocycles. The van der Waals surface area contributed by atoms with E-state index in [1.54, 1.807) is 0 Å². The maximum Gasteiger partial charge on any atom is 0.136 e. The van der Waals surface area contributed by atoms with Crippen molar-refractivity contribution >= 4 is 11.6 Å². The Balaban J connectivity index is 3.43. The van der Waals surface area contributed by atoms with E-state index in [0.29, 0.717) is 25.1 Å². The van der Waals surface area contributed by atoms with Crippen LogP contribution >= 0.6 is 0 Å². The third-order valence-corrected chi connectivity index (χ3v) is 7.21. The molecule has 0 radical (unpaired) electrons. The fraction of sp³-hybridized carbons (Fsp3) is 0.531. The molecular formula is C32H48N2O. The van der Waals surface area contributed by atoms with E-state index in [2.05, 4.69) is 45.9 Å². The first-order valence-electron chi connectivity index (χ1n) is 13.1. The Hall–Kier alpha value is -2.64. The van der Waals surface area contributed by atoms with Gasteiger partial charge in [-0.15, -0.1) is 5.73 Å². The first kappa shape index (κ1) is 30.4. The minimum Gasteiger partial charge on any atom is -0.303 e. The van der Waals surface area contributed by atoms with Gasteiger partial charge in [0.15, 0.2) is 0 Å². The monoisotopic (exact) mass is 476 g/mol. The van der Waals surface area contributed by atoms with Crippen LogP contribution in [0.15, 0.2) is 77.4 Å². The molecule has 1 N–H and O–H groups in total. The molecular weight excluding hydrogens is 428 g/mol. The average molecular weight is 477 g/mol. The molecule has 1 saturated carbocycles. The van der Waals surface area contributed by atoms with E-state index in [1.165, 1.54) is 12.0 Å². The normalized spacial score (nSPS) is 17.5. The molecule has 2 unspecified atom stereocenters. The van der Waals surface area contributed by atoms with Crippen molar-refractivity contribution in [3.05, 3.63) is 77.4 Å². The van der Waals surface area contributed by atoms with Crippen molar-refractivity contribution in [1.82, 2.24) is 4.90 Å². The van der Waals surface area contributed by atoms with Crippen molar-refractivity contribution in [3.63, 3.8) is 0 Å². The van der Waals surface area contributed by atoms with Gasteiger partial charge in [0.2, 0.25) is 0 Å². The van der Waals surface area contributed by atoms with Crippen molar-refractivity contribution in [1.29, 1.82) is 5.41 Å². The highest BCUT2D eigenvalue weighted by molar-refractivity contribution is 5.97. The Bertz CT molecular complexity index is 952. The van der Waals surface area contributed by atoms with Gasteiger partial charge in [-0.3, -0.25) is 10.2 Å². The minimum absolute atomic E-state index is 0.0471. The van der Waals surface area contributed by atoms with Crippen molar-refractivity contribution < 1.29 is 4.79 Å². The van der Waals surface area contributed by atoms with Crippen LogP contribution in [0.4, 0.5) is 0 Å². The summed E-state index contributed by atoms with van der Waals surface area (Å²) < 4.78 is 0. The van der Waals surface area contributed by atoms with E-state index in [-0.39, 0.29) is 17.6 Å². The molecule has 0 saturated heterocycles. The maximum absolute atomic E-state index is 13.1.